The number of nitrogens with zero attached hydrogens (tertiary/aromatic N) is 2. The Bertz CT molecular complexity index is 922. The van der Waals surface area contributed by atoms with Crippen LogP contribution in [0.2, 0.25) is 5.15 Å². The number of hydrogen-bond donors (Lipinski definition) is 2. The molecule has 0 saturated carbocycles. The average molecular weight is 377 g/mol. The summed E-state index contributed by atoms with van der Waals surface area (Å²) in [6.45, 7) is 1.75. The second kappa shape index (κ2) is 7.45. The van der Waals surface area contributed by atoms with Crippen molar-refractivity contribution < 1.29 is 14.0 Å². The summed E-state index contributed by atoms with van der Waals surface area (Å²) >= 11 is 7.06. The number of carbonyl (C=O) groups excluding carboxylic acids is 2. The number of pyridine rings is 1. The van der Waals surface area contributed by atoms with E-state index in [1.54, 1.807) is 23.6 Å². The van der Waals surface area contributed by atoms with Crippen molar-refractivity contribution in [3.05, 3.63) is 52.3 Å². The van der Waals surface area contributed by atoms with Crippen LogP contribution in [0, 0.1) is 0 Å². The molecule has 2 amide bonds. The molecule has 0 unspecified atom stereocenters. The van der Waals surface area contributed by atoms with E-state index in [0.717, 1.165) is 0 Å². The molecule has 0 aliphatic heterocycles. The van der Waals surface area contributed by atoms with Gasteiger partial charge in [-0.1, -0.05) is 11.6 Å². The van der Waals surface area contributed by atoms with Crippen molar-refractivity contribution in [2.45, 2.75) is 13.5 Å². The summed E-state index contributed by atoms with van der Waals surface area (Å²) in [5.41, 5.74) is 0.995. The van der Waals surface area contributed by atoms with Gasteiger partial charge in [0, 0.05) is 24.1 Å². The van der Waals surface area contributed by atoms with Crippen LogP contribution >= 0.6 is 22.9 Å². The second-order valence-electron chi connectivity index (χ2n) is 5.03. The zero-order chi connectivity index (χ0) is 17.8. The van der Waals surface area contributed by atoms with E-state index in [0.29, 0.717) is 34.5 Å². The molecule has 3 aromatic rings. The minimum absolute atomic E-state index is 0.132. The molecule has 9 heteroatoms. The molecule has 3 aromatic heterocycles. The summed E-state index contributed by atoms with van der Waals surface area (Å²) in [5.74, 6) is 0.725. The molecule has 0 fully saturated rings. The van der Waals surface area contributed by atoms with E-state index in [1.807, 2.05) is 0 Å². The van der Waals surface area contributed by atoms with Gasteiger partial charge in [0.15, 0.2) is 10.9 Å². The smallest absolute Gasteiger partial charge is 0.257 e. The number of hydrogen-bond acceptors (Lipinski definition) is 6. The van der Waals surface area contributed by atoms with Crippen molar-refractivity contribution in [3.8, 4) is 11.5 Å². The van der Waals surface area contributed by atoms with Gasteiger partial charge in [0.1, 0.15) is 16.6 Å². The molecular formula is C16H13ClN4O3S. The summed E-state index contributed by atoms with van der Waals surface area (Å²) in [6.07, 6.45) is 1.46. The summed E-state index contributed by atoms with van der Waals surface area (Å²) < 4.78 is 5.63. The van der Waals surface area contributed by atoms with Crippen LogP contribution in [-0.4, -0.2) is 21.8 Å². The summed E-state index contributed by atoms with van der Waals surface area (Å²) in [5, 5.41) is 7.82. The first kappa shape index (κ1) is 17.1. The Morgan fingerprint density at radius 3 is 2.92 bits per heavy atom. The zero-order valence-corrected chi connectivity index (χ0v) is 14.6. The van der Waals surface area contributed by atoms with E-state index >= 15 is 0 Å². The van der Waals surface area contributed by atoms with Crippen LogP contribution in [-0.2, 0) is 11.3 Å². The van der Waals surface area contributed by atoms with E-state index in [-0.39, 0.29) is 17.0 Å². The third-order valence-corrected chi connectivity index (χ3v) is 4.10. The van der Waals surface area contributed by atoms with Gasteiger partial charge in [-0.25, -0.2) is 9.97 Å². The van der Waals surface area contributed by atoms with Crippen molar-refractivity contribution in [2.75, 3.05) is 5.32 Å². The van der Waals surface area contributed by atoms with Gasteiger partial charge in [-0.3, -0.25) is 14.9 Å². The molecular weight excluding hydrogens is 364 g/mol. The lowest BCUT2D eigenvalue weighted by atomic mass is 10.2. The largest absolute Gasteiger partial charge is 0.458 e. The van der Waals surface area contributed by atoms with Gasteiger partial charge >= 0.3 is 0 Å². The standard InChI is InChI=1S/C16H13ClN4O3S/c1-9(22)19-7-11-2-3-13(24-11)12-8-25-16(20-12)21-15(23)10-4-5-18-14(17)6-10/h2-6,8H,7H2,1H3,(H,19,22)(H,20,21,23). The molecule has 3 rings (SSSR count). The van der Waals surface area contributed by atoms with Crippen LogP contribution in [0.5, 0.6) is 0 Å². The van der Waals surface area contributed by atoms with Gasteiger partial charge < -0.3 is 9.73 Å². The molecule has 0 atom stereocenters. The first-order valence-corrected chi connectivity index (χ1v) is 8.49. The van der Waals surface area contributed by atoms with E-state index in [4.69, 9.17) is 16.0 Å². The lowest BCUT2D eigenvalue weighted by Crippen LogP contribution is -2.18. The molecule has 7 nitrogen and oxygen atoms in total. The van der Waals surface area contributed by atoms with Gasteiger partial charge in [-0.05, 0) is 24.3 Å². The number of thiazole rings is 1. The van der Waals surface area contributed by atoms with Gasteiger partial charge in [0.2, 0.25) is 5.91 Å². The van der Waals surface area contributed by atoms with Crippen molar-refractivity contribution in [2.24, 2.45) is 0 Å². The minimum Gasteiger partial charge on any atom is -0.458 e. The molecule has 0 aliphatic carbocycles. The Kier molecular flexibility index (Phi) is 5.11. The van der Waals surface area contributed by atoms with E-state index in [1.165, 1.54) is 30.5 Å². The summed E-state index contributed by atoms with van der Waals surface area (Å²) in [6, 6.07) is 6.57. The Morgan fingerprint density at radius 1 is 1.32 bits per heavy atom. The highest BCUT2D eigenvalue weighted by Gasteiger charge is 2.13. The quantitative estimate of drug-likeness (QED) is 0.665. The van der Waals surface area contributed by atoms with Crippen molar-refractivity contribution in [3.63, 3.8) is 0 Å². The molecule has 0 aliphatic rings. The highest BCUT2D eigenvalue weighted by atomic mass is 35.5. The Hall–Kier alpha value is -2.71. The maximum atomic E-state index is 12.2. The maximum Gasteiger partial charge on any atom is 0.257 e. The monoisotopic (exact) mass is 376 g/mol. The first-order chi connectivity index (χ1) is 12.0. The first-order valence-electron chi connectivity index (χ1n) is 7.23. The minimum atomic E-state index is -0.323. The molecule has 0 spiro atoms. The van der Waals surface area contributed by atoms with Crippen LogP contribution in [0.15, 0.2) is 40.3 Å². The average Bonchev–Trinajstić information content (AvgIpc) is 3.22. The topological polar surface area (TPSA) is 97.1 Å². The van der Waals surface area contributed by atoms with E-state index in [2.05, 4.69) is 20.6 Å². The van der Waals surface area contributed by atoms with Crippen molar-refractivity contribution in [1.82, 2.24) is 15.3 Å². The van der Waals surface area contributed by atoms with Gasteiger partial charge in [-0.2, -0.15) is 0 Å². The van der Waals surface area contributed by atoms with Crippen molar-refractivity contribution in [1.29, 1.82) is 0 Å². The van der Waals surface area contributed by atoms with Gasteiger partial charge in [0.05, 0.1) is 6.54 Å². The molecule has 128 valence electrons. The van der Waals surface area contributed by atoms with Crippen LogP contribution in [0.25, 0.3) is 11.5 Å². The van der Waals surface area contributed by atoms with Crippen LogP contribution in [0.4, 0.5) is 5.13 Å². The molecule has 25 heavy (non-hydrogen) atoms. The normalized spacial score (nSPS) is 10.5. The number of aromatic nitrogens is 2. The Balaban J connectivity index is 1.68. The molecule has 0 radical (unpaired) electrons. The highest BCUT2D eigenvalue weighted by molar-refractivity contribution is 7.14. The van der Waals surface area contributed by atoms with Crippen molar-refractivity contribution >= 4 is 39.9 Å². The number of halogens is 1. The molecule has 2 N–H and O–H groups in total. The third-order valence-electron chi connectivity index (χ3n) is 3.14. The number of amides is 2. The highest BCUT2D eigenvalue weighted by Crippen LogP contribution is 2.27. The molecule has 0 saturated heterocycles. The zero-order valence-electron chi connectivity index (χ0n) is 13.1. The van der Waals surface area contributed by atoms with E-state index in [9.17, 15) is 9.59 Å². The fourth-order valence-electron chi connectivity index (χ4n) is 1.98. The number of nitrogens with one attached hydrogen (secondary N) is 2. The number of anilines is 1. The number of rotatable bonds is 5. The molecule has 0 aromatic carbocycles. The fraction of sp³-hybridized carbons (Fsp3) is 0.125. The van der Waals surface area contributed by atoms with E-state index < -0.39 is 0 Å². The molecule has 3 heterocycles. The lowest BCUT2D eigenvalue weighted by molar-refractivity contribution is -0.119. The fourth-order valence-corrected chi connectivity index (χ4v) is 2.85. The Morgan fingerprint density at radius 2 is 2.16 bits per heavy atom. The van der Waals surface area contributed by atoms with Crippen LogP contribution in [0.3, 0.4) is 0 Å². The second-order valence-corrected chi connectivity index (χ2v) is 6.28. The summed E-state index contributed by atoms with van der Waals surface area (Å²) in [4.78, 5) is 31.3. The van der Waals surface area contributed by atoms with Gasteiger partial charge in [-0.15, -0.1) is 11.3 Å². The number of furan rings is 1. The van der Waals surface area contributed by atoms with Crippen LogP contribution in [0.1, 0.15) is 23.0 Å². The lowest BCUT2D eigenvalue weighted by Gasteiger charge is -2.01. The SMILES string of the molecule is CC(=O)NCc1ccc(-c2csc(NC(=O)c3ccnc(Cl)c3)n2)o1. The van der Waals surface area contributed by atoms with Crippen LogP contribution < -0.4 is 10.6 Å². The van der Waals surface area contributed by atoms with Gasteiger partial charge in [0.25, 0.3) is 5.91 Å². The summed E-state index contributed by atoms with van der Waals surface area (Å²) in [7, 11) is 0. The number of carbonyl (C=O) groups is 2. The Labute approximate surface area is 152 Å². The predicted octanol–water partition coefficient (Wildman–Crippen LogP) is 3.34. The molecule has 0 bridgehead atoms. The maximum absolute atomic E-state index is 12.2. The predicted molar refractivity (Wildman–Crippen MR) is 94.5 cm³/mol. The third kappa shape index (κ3) is 4.43.